The number of aromatic nitrogens is 3. The minimum atomic E-state index is -4.94. The zero-order chi connectivity index (χ0) is 22.8. The highest BCUT2D eigenvalue weighted by Crippen LogP contribution is 2.35. The van der Waals surface area contributed by atoms with E-state index in [9.17, 15) is 27.5 Å². The second-order valence-electron chi connectivity index (χ2n) is 6.93. The average Bonchev–Trinajstić information content (AvgIpc) is 2.73. The lowest BCUT2D eigenvalue weighted by atomic mass is 9.98. The summed E-state index contributed by atoms with van der Waals surface area (Å²) >= 11 is 0. The smallest absolute Gasteiger partial charge is 0.379 e. The van der Waals surface area contributed by atoms with Gasteiger partial charge in [-0.15, -0.1) is 0 Å². The normalized spacial score (nSPS) is 13.5. The Morgan fingerprint density at radius 3 is 2.39 bits per heavy atom. The topological polar surface area (TPSA) is 88.0 Å². The highest BCUT2D eigenvalue weighted by Gasteiger charge is 2.39. The summed E-state index contributed by atoms with van der Waals surface area (Å²) in [4.78, 5) is 24.9. The fourth-order valence-corrected chi connectivity index (χ4v) is 2.80. The Kier molecular flexibility index (Phi) is 6.30. The Labute approximate surface area is 175 Å². The van der Waals surface area contributed by atoms with Crippen LogP contribution in [0.3, 0.4) is 0 Å². The van der Waals surface area contributed by atoms with Crippen LogP contribution in [-0.4, -0.2) is 32.1 Å². The number of aryl methyl sites for hydroxylation is 1. The number of nitrogens with zero attached hydrogens (tertiary/aromatic N) is 3. The van der Waals surface area contributed by atoms with Gasteiger partial charge in [-0.05, 0) is 49.7 Å². The Hall–Kier alpha value is -3.40. The summed E-state index contributed by atoms with van der Waals surface area (Å²) in [6, 6.07) is 5.10. The lowest BCUT2D eigenvalue weighted by molar-refractivity contribution is -0.206. The minimum absolute atomic E-state index is 0.119. The number of aliphatic hydroxyl groups excluding tert-OH is 1. The molecule has 0 radical (unpaired) electrons. The molecule has 162 valence electrons. The van der Waals surface area contributed by atoms with Gasteiger partial charge in [0, 0.05) is 17.3 Å². The SMILES string of the molecule is Cc1cnc([C@@H](C)NC(=O)c2cc(-c3ccc(F)cn3)cc(C(O)C(F)(F)F)c2)cn1. The number of hydrogen-bond acceptors (Lipinski definition) is 5. The van der Waals surface area contributed by atoms with Crippen molar-refractivity contribution < 1.29 is 27.5 Å². The molecule has 0 spiro atoms. The van der Waals surface area contributed by atoms with Crippen LogP contribution >= 0.6 is 0 Å². The van der Waals surface area contributed by atoms with E-state index in [0.29, 0.717) is 11.4 Å². The van der Waals surface area contributed by atoms with Crippen LogP contribution in [0.2, 0.25) is 0 Å². The van der Waals surface area contributed by atoms with Crippen LogP contribution in [0.25, 0.3) is 11.3 Å². The van der Waals surface area contributed by atoms with Gasteiger partial charge < -0.3 is 10.4 Å². The van der Waals surface area contributed by atoms with E-state index < -0.39 is 35.6 Å². The van der Waals surface area contributed by atoms with Gasteiger partial charge >= 0.3 is 6.18 Å². The molecular formula is C21H18F4N4O2. The van der Waals surface area contributed by atoms with E-state index in [4.69, 9.17) is 0 Å². The third-order valence-electron chi connectivity index (χ3n) is 4.46. The van der Waals surface area contributed by atoms with Crippen molar-refractivity contribution in [3.8, 4) is 11.3 Å². The number of amides is 1. The molecule has 0 saturated heterocycles. The molecule has 31 heavy (non-hydrogen) atoms. The third-order valence-corrected chi connectivity index (χ3v) is 4.46. The first-order chi connectivity index (χ1) is 14.5. The van der Waals surface area contributed by atoms with Gasteiger partial charge in [-0.2, -0.15) is 13.2 Å². The number of hydrogen-bond donors (Lipinski definition) is 2. The Balaban J connectivity index is 1.97. The first kappa shape index (κ1) is 22.3. The summed E-state index contributed by atoms with van der Waals surface area (Å²) in [5, 5.41) is 12.3. The van der Waals surface area contributed by atoms with E-state index in [1.165, 1.54) is 24.5 Å². The second-order valence-corrected chi connectivity index (χ2v) is 6.93. The van der Waals surface area contributed by atoms with Gasteiger partial charge in [-0.25, -0.2) is 4.39 Å². The van der Waals surface area contributed by atoms with Crippen LogP contribution in [0.1, 0.15) is 46.4 Å². The van der Waals surface area contributed by atoms with Crippen LogP contribution in [0, 0.1) is 12.7 Å². The number of halogens is 4. The van der Waals surface area contributed by atoms with Gasteiger partial charge in [0.15, 0.2) is 6.10 Å². The van der Waals surface area contributed by atoms with Gasteiger partial charge in [0.05, 0.1) is 35.5 Å². The molecule has 1 unspecified atom stereocenters. The molecule has 10 heteroatoms. The van der Waals surface area contributed by atoms with Crippen LogP contribution in [-0.2, 0) is 0 Å². The summed E-state index contributed by atoms with van der Waals surface area (Å²) in [6.45, 7) is 3.40. The molecule has 0 aliphatic rings. The van der Waals surface area contributed by atoms with Crippen LogP contribution in [0.4, 0.5) is 17.6 Å². The predicted octanol–water partition coefficient (Wildman–Crippen LogP) is 4.07. The van der Waals surface area contributed by atoms with E-state index >= 15 is 0 Å². The fourth-order valence-electron chi connectivity index (χ4n) is 2.80. The first-order valence-corrected chi connectivity index (χ1v) is 9.15. The molecule has 0 aliphatic carbocycles. The number of rotatable bonds is 5. The van der Waals surface area contributed by atoms with Crippen molar-refractivity contribution >= 4 is 5.91 Å². The third kappa shape index (κ3) is 5.40. The number of carbonyl (C=O) groups excluding carboxylic acids is 1. The van der Waals surface area contributed by atoms with Crippen molar-refractivity contribution in [1.82, 2.24) is 20.3 Å². The maximum atomic E-state index is 13.2. The van der Waals surface area contributed by atoms with Crippen molar-refractivity contribution in [2.24, 2.45) is 0 Å². The fraction of sp³-hybridized carbons (Fsp3) is 0.238. The Morgan fingerprint density at radius 2 is 1.81 bits per heavy atom. The van der Waals surface area contributed by atoms with E-state index in [-0.39, 0.29) is 16.8 Å². The molecule has 0 aliphatic heterocycles. The van der Waals surface area contributed by atoms with Gasteiger partial charge in [-0.1, -0.05) is 0 Å². The average molecular weight is 434 g/mol. The minimum Gasteiger partial charge on any atom is -0.379 e. The van der Waals surface area contributed by atoms with Crippen LogP contribution < -0.4 is 5.32 Å². The molecule has 1 aromatic carbocycles. The monoisotopic (exact) mass is 434 g/mol. The summed E-state index contributed by atoms with van der Waals surface area (Å²) in [6.07, 6.45) is -3.83. The molecule has 0 fully saturated rings. The standard InChI is InChI=1S/C21H18F4N4O2/c1-11-8-27-18(10-26-11)12(2)29-20(31)15-6-13(17-4-3-16(22)9-28-17)5-14(7-15)19(30)21(23,24)25/h3-10,12,19,30H,1-2H3,(H,29,31)/t12-,19?/m1/s1. The van der Waals surface area contributed by atoms with Gasteiger partial charge in [0.1, 0.15) is 5.82 Å². The summed E-state index contributed by atoms with van der Waals surface area (Å²) in [7, 11) is 0. The maximum Gasteiger partial charge on any atom is 0.418 e. The molecule has 0 saturated carbocycles. The molecule has 1 amide bonds. The highest BCUT2D eigenvalue weighted by molar-refractivity contribution is 5.96. The predicted molar refractivity (Wildman–Crippen MR) is 103 cm³/mol. The molecular weight excluding hydrogens is 416 g/mol. The van der Waals surface area contributed by atoms with Crippen LogP contribution in [0.5, 0.6) is 0 Å². The Morgan fingerprint density at radius 1 is 1.06 bits per heavy atom. The summed E-state index contributed by atoms with van der Waals surface area (Å²) in [5.74, 6) is -1.31. The van der Waals surface area contributed by atoms with E-state index in [1.807, 2.05) is 0 Å². The molecule has 6 nitrogen and oxygen atoms in total. The first-order valence-electron chi connectivity index (χ1n) is 9.15. The number of alkyl halides is 3. The lowest BCUT2D eigenvalue weighted by Crippen LogP contribution is -2.28. The second kappa shape index (κ2) is 8.76. The summed E-state index contributed by atoms with van der Waals surface area (Å²) in [5.41, 5.74) is 0.745. The lowest BCUT2D eigenvalue weighted by Gasteiger charge is -2.18. The van der Waals surface area contributed by atoms with Crippen molar-refractivity contribution in [2.45, 2.75) is 32.2 Å². The van der Waals surface area contributed by atoms with E-state index in [1.54, 1.807) is 13.8 Å². The molecule has 2 heterocycles. The quantitative estimate of drug-likeness (QED) is 0.591. The number of nitrogens with one attached hydrogen (secondary N) is 1. The molecule has 2 atom stereocenters. The molecule has 2 aromatic heterocycles. The van der Waals surface area contributed by atoms with Crippen molar-refractivity contribution in [3.05, 3.63) is 77.3 Å². The number of pyridine rings is 1. The zero-order valence-electron chi connectivity index (χ0n) is 16.5. The highest BCUT2D eigenvalue weighted by atomic mass is 19.4. The largest absolute Gasteiger partial charge is 0.418 e. The molecule has 3 rings (SSSR count). The maximum absolute atomic E-state index is 13.2. The van der Waals surface area contributed by atoms with Crippen LogP contribution in [0.15, 0.2) is 48.9 Å². The number of carbonyl (C=O) groups is 1. The number of benzene rings is 1. The molecule has 3 aromatic rings. The van der Waals surface area contributed by atoms with E-state index in [2.05, 4.69) is 20.3 Å². The Bertz CT molecular complexity index is 1070. The van der Waals surface area contributed by atoms with Gasteiger partial charge in [0.2, 0.25) is 0 Å². The van der Waals surface area contributed by atoms with Gasteiger partial charge in [-0.3, -0.25) is 19.7 Å². The number of aliphatic hydroxyl groups is 1. The van der Waals surface area contributed by atoms with E-state index in [0.717, 1.165) is 24.4 Å². The summed E-state index contributed by atoms with van der Waals surface area (Å²) < 4.78 is 52.4. The molecule has 2 N–H and O–H groups in total. The molecule has 0 bridgehead atoms. The van der Waals surface area contributed by atoms with Crippen molar-refractivity contribution in [1.29, 1.82) is 0 Å². The van der Waals surface area contributed by atoms with Crippen molar-refractivity contribution in [2.75, 3.05) is 0 Å². The van der Waals surface area contributed by atoms with Crippen molar-refractivity contribution in [3.63, 3.8) is 0 Å². The zero-order valence-corrected chi connectivity index (χ0v) is 16.5. The van der Waals surface area contributed by atoms with Gasteiger partial charge in [0.25, 0.3) is 5.91 Å².